The summed E-state index contributed by atoms with van der Waals surface area (Å²) in [6, 6.07) is 0.711. The molecule has 2 aliphatic rings. The maximum absolute atomic E-state index is 12.0. The van der Waals surface area contributed by atoms with Gasteiger partial charge < -0.3 is 10.1 Å². The van der Waals surface area contributed by atoms with Crippen molar-refractivity contribution in [1.29, 1.82) is 0 Å². The van der Waals surface area contributed by atoms with E-state index in [1.165, 1.54) is 17.1 Å². The minimum absolute atomic E-state index is 0.0296. The zero-order valence-electron chi connectivity index (χ0n) is 11.8. The van der Waals surface area contributed by atoms with Crippen molar-refractivity contribution < 1.29 is 13.2 Å². The van der Waals surface area contributed by atoms with Crippen LogP contribution in [-0.4, -0.2) is 58.2 Å². The Hall–Kier alpha value is -0.210. The molecule has 2 aliphatic carbocycles. The van der Waals surface area contributed by atoms with Gasteiger partial charge in [-0.15, -0.1) is 0 Å². The number of nitrogens with one attached hydrogen (secondary N) is 2. The molecule has 7 heteroatoms. The Kier molecular flexibility index (Phi) is 5.19. The fourth-order valence-electron chi connectivity index (χ4n) is 2.17. The van der Waals surface area contributed by atoms with Gasteiger partial charge in [0.05, 0.1) is 6.10 Å². The van der Waals surface area contributed by atoms with Gasteiger partial charge in [-0.2, -0.15) is 17.4 Å². The van der Waals surface area contributed by atoms with Crippen LogP contribution in [0.5, 0.6) is 0 Å². The molecule has 2 fully saturated rings. The fraction of sp³-hybridized carbons (Fsp3) is 1.00. The summed E-state index contributed by atoms with van der Waals surface area (Å²) in [5.41, 5.74) is 0. The van der Waals surface area contributed by atoms with E-state index in [2.05, 4.69) is 10.0 Å². The molecule has 0 bridgehead atoms. The maximum atomic E-state index is 12.0. The minimum atomic E-state index is -3.34. The van der Waals surface area contributed by atoms with Crippen LogP contribution in [0.25, 0.3) is 0 Å². The molecule has 6 nitrogen and oxygen atoms in total. The molecule has 0 amide bonds. The van der Waals surface area contributed by atoms with Crippen molar-refractivity contribution in [1.82, 2.24) is 14.3 Å². The summed E-state index contributed by atoms with van der Waals surface area (Å²) in [6.07, 6.45) is 5.12. The number of nitrogens with zero attached hydrogens (tertiary/aromatic N) is 1. The molecular weight excluding hydrogens is 266 g/mol. The first-order valence-electron chi connectivity index (χ1n) is 7.01. The van der Waals surface area contributed by atoms with E-state index < -0.39 is 10.2 Å². The van der Waals surface area contributed by atoms with E-state index in [0.29, 0.717) is 12.6 Å². The molecule has 19 heavy (non-hydrogen) atoms. The van der Waals surface area contributed by atoms with Crippen LogP contribution in [-0.2, 0) is 14.9 Å². The number of hydrogen-bond donors (Lipinski definition) is 2. The van der Waals surface area contributed by atoms with Gasteiger partial charge in [-0.25, -0.2) is 0 Å². The molecule has 0 atom stereocenters. The van der Waals surface area contributed by atoms with Gasteiger partial charge in [0.2, 0.25) is 0 Å². The van der Waals surface area contributed by atoms with Gasteiger partial charge in [0.1, 0.15) is 0 Å². The van der Waals surface area contributed by atoms with Crippen LogP contribution in [0.4, 0.5) is 0 Å². The third-order valence-electron chi connectivity index (χ3n) is 3.81. The Balaban J connectivity index is 1.63. The third kappa shape index (κ3) is 4.68. The van der Waals surface area contributed by atoms with E-state index in [1.807, 2.05) is 0 Å². The number of methoxy groups -OCH3 is 1. The number of ether oxygens (including phenoxy) is 1. The second-order valence-corrected chi connectivity index (χ2v) is 7.36. The molecule has 0 heterocycles. The fourth-order valence-corrected chi connectivity index (χ4v) is 3.33. The van der Waals surface area contributed by atoms with Gasteiger partial charge in [0.15, 0.2) is 0 Å². The molecule has 0 spiro atoms. The summed E-state index contributed by atoms with van der Waals surface area (Å²) in [5, 5.41) is 3.38. The van der Waals surface area contributed by atoms with Crippen molar-refractivity contribution in [2.24, 2.45) is 0 Å². The molecule has 0 aromatic carbocycles. The van der Waals surface area contributed by atoms with Crippen molar-refractivity contribution in [2.75, 3.05) is 27.2 Å². The predicted octanol–water partition coefficient (Wildman–Crippen LogP) is 0.0721. The van der Waals surface area contributed by atoms with Crippen LogP contribution in [0.3, 0.4) is 0 Å². The average Bonchev–Trinajstić information content (AvgIpc) is 3.12. The van der Waals surface area contributed by atoms with Crippen molar-refractivity contribution in [3.05, 3.63) is 0 Å². The van der Waals surface area contributed by atoms with Gasteiger partial charge in [0, 0.05) is 32.8 Å². The van der Waals surface area contributed by atoms with E-state index in [4.69, 9.17) is 4.74 Å². The topological polar surface area (TPSA) is 70.7 Å². The van der Waals surface area contributed by atoms with Crippen LogP contribution in [0.1, 0.15) is 32.1 Å². The maximum Gasteiger partial charge on any atom is 0.279 e. The molecule has 0 aromatic rings. The van der Waals surface area contributed by atoms with E-state index in [1.54, 1.807) is 14.2 Å². The number of hydrogen-bond acceptors (Lipinski definition) is 4. The van der Waals surface area contributed by atoms with E-state index >= 15 is 0 Å². The van der Waals surface area contributed by atoms with Crippen molar-refractivity contribution in [2.45, 2.75) is 50.3 Å². The Morgan fingerprint density at radius 3 is 2.53 bits per heavy atom. The highest BCUT2D eigenvalue weighted by atomic mass is 32.2. The standard InChI is InChI=1S/C12H25N3O3S/c1-15(7-3-6-13-10-4-5-10)19(16,17)14-11-8-12(9-11)18-2/h10-14H,3-9H2,1-2H3. The molecule has 0 saturated heterocycles. The van der Waals surface area contributed by atoms with Crippen LogP contribution in [0, 0.1) is 0 Å². The van der Waals surface area contributed by atoms with Gasteiger partial charge in [-0.05, 0) is 38.6 Å². The molecule has 0 aromatic heterocycles. The summed E-state index contributed by atoms with van der Waals surface area (Å²) < 4.78 is 33.3. The lowest BCUT2D eigenvalue weighted by Gasteiger charge is -2.35. The van der Waals surface area contributed by atoms with E-state index in [-0.39, 0.29) is 12.1 Å². The number of rotatable bonds is 9. The van der Waals surface area contributed by atoms with Crippen LogP contribution < -0.4 is 10.0 Å². The summed E-state index contributed by atoms with van der Waals surface area (Å²) in [6.45, 7) is 1.44. The second kappa shape index (κ2) is 6.49. The van der Waals surface area contributed by atoms with Crippen molar-refractivity contribution in [3.8, 4) is 0 Å². The van der Waals surface area contributed by atoms with E-state index in [9.17, 15) is 8.42 Å². The highest BCUT2D eigenvalue weighted by Crippen LogP contribution is 2.23. The lowest BCUT2D eigenvalue weighted by atomic mass is 9.90. The zero-order valence-corrected chi connectivity index (χ0v) is 12.6. The summed E-state index contributed by atoms with van der Waals surface area (Å²) in [4.78, 5) is 0. The second-order valence-electron chi connectivity index (χ2n) is 5.55. The van der Waals surface area contributed by atoms with Crippen LogP contribution >= 0.6 is 0 Å². The van der Waals surface area contributed by atoms with Crippen LogP contribution in [0.2, 0.25) is 0 Å². The first-order chi connectivity index (χ1) is 9.01. The smallest absolute Gasteiger partial charge is 0.279 e. The van der Waals surface area contributed by atoms with Gasteiger partial charge in [-0.1, -0.05) is 0 Å². The predicted molar refractivity (Wildman–Crippen MR) is 74.1 cm³/mol. The quantitative estimate of drug-likeness (QED) is 0.590. The van der Waals surface area contributed by atoms with E-state index in [0.717, 1.165) is 25.8 Å². The average molecular weight is 291 g/mol. The molecule has 2 N–H and O–H groups in total. The SMILES string of the molecule is COC1CC(NS(=O)(=O)N(C)CCCNC2CC2)C1. The lowest BCUT2D eigenvalue weighted by molar-refractivity contribution is 0.0232. The van der Waals surface area contributed by atoms with Crippen molar-refractivity contribution >= 4 is 10.2 Å². The Labute approximate surface area is 116 Å². The first-order valence-corrected chi connectivity index (χ1v) is 8.45. The Bertz CT molecular complexity index is 378. The third-order valence-corrected chi connectivity index (χ3v) is 5.45. The first kappa shape index (κ1) is 15.2. The minimum Gasteiger partial charge on any atom is -0.381 e. The Morgan fingerprint density at radius 1 is 1.26 bits per heavy atom. The molecule has 0 unspecified atom stereocenters. The Morgan fingerprint density at radius 2 is 1.95 bits per heavy atom. The largest absolute Gasteiger partial charge is 0.381 e. The van der Waals surface area contributed by atoms with Gasteiger partial charge in [0.25, 0.3) is 10.2 Å². The highest BCUT2D eigenvalue weighted by Gasteiger charge is 2.33. The zero-order chi connectivity index (χ0) is 13.9. The van der Waals surface area contributed by atoms with Crippen LogP contribution in [0.15, 0.2) is 0 Å². The molecule has 2 saturated carbocycles. The highest BCUT2D eigenvalue weighted by molar-refractivity contribution is 7.87. The lowest BCUT2D eigenvalue weighted by Crippen LogP contribution is -2.51. The van der Waals surface area contributed by atoms with Gasteiger partial charge >= 0.3 is 0 Å². The summed E-state index contributed by atoms with van der Waals surface area (Å²) in [5.74, 6) is 0. The summed E-state index contributed by atoms with van der Waals surface area (Å²) in [7, 11) is -0.0451. The molecular formula is C12H25N3O3S. The monoisotopic (exact) mass is 291 g/mol. The van der Waals surface area contributed by atoms with Crippen molar-refractivity contribution in [3.63, 3.8) is 0 Å². The molecule has 112 valence electrons. The molecule has 2 rings (SSSR count). The molecule has 0 aliphatic heterocycles. The molecule has 0 radical (unpaired) electrons. The summed E-state index contributed by atoms with van der Waals surface area (Å²) >= 11 is 0. The normalized spacial score (nSPS) is 27.5. The van der Waals surface area contributed by atoms with Gasteiger partial charge in [-0.3, -0.25) is 0 Å².